The number of hydrogen-bond acceptors (Lipinski definition) is 2. The first-order valence-electron chi connectivity index (χ1n) is 7.35. The summed E-state index contributed by atoms with van der Waals surface area (Å²) in [6.45, 7) is 5.80. The van der Waals surface area contributed by atoms with Gasteiger partial charge in [-0.2, -0.15) is 0 Å². The molecule has 1 unspecified atom stereocenters. The molecule has 0 heterocycles. The lowest BCUT2D eigenvalue weighted by Crippen LogP contribution is -2.47. The lowest BCUT2D eigenvalue weighted by molar-refractivity contribution is -0.128. The van der Waals surface area contributed by atoms with E-state index in [0.717, 1.165) is 12.1 Å². The molecule has 0 aliphatic heterocycles. The van der Waals surface area contributed by atoms with Crippen molar-refractivity contribution >= 4 is 11.9 Å². The van der Waals surface area contributed by atoms with Crippen molar-refractivity contribution in [1.82, 2.24) is 16.0 Å². The van der Waals surface area contributed by atoms with Crippen LogP contribution < -0.4 is 16.0 Å². The molecule has 0 bridgehead atoms. The second-order valence-corrected chi connectivity index (χ2v) is 5.93. The summed E-state index contributed by atoms with van der Waals surface area (Å²) in [5.74, 6) is -1.39. The van der Waals surface area contributed by atoms with Crippen molar-refractivity contribution in [1.29, 1.82) is 0 Å². The van der Waals surface area contributed by atoms with Gasteiger partial charge in [0.05, 0.1) is 11.5 Å². The number of amides is 1. The van der Waals surface area contributed by atoms with Crippen LogP contribution in [0.5, 0.6) is 0 Å². The predicted molar refractivity (Wildman–Crippen MR) is 87.1 cm³/mol. The Balaban J connectivity index is 2.69. The van der Waals surface area contributed by atoms with Gasteiger partial charge in [0.1, 0.15) is 0 Å². The molecule has 0 aliphatic carbocycles. The van der Waals surface area contributed by atoms with E-state index in [9.17, 15) is 13.6 Å². The van der Waals surface area contributed by atoms with E-state index in [0.29, 0.717) is 18.1 Å². The van der Waals surface area contributed by atoms with Crippen molar-refractivity contribution in [3.63, 3.8) is 0 Å². The highest BCUT2D eigenvalue weighted by molar-refractivity contribution is 5.84. The average Bonchev–Trinajstić information content (AvgIpc) is 2.52. The lowest BCUT2D eigenvalue weighted by atomic mass is 9.92. The molecule has 0 saturated heterocycles. The highest BCUT2D eigenvalue weighted by Crippen LogP contribution is 2.16. The maximum absolute atomic E-state index is 13.3. The van der Waals surface area contributed by atoms with Gasteiger partial charge in [-0.05, 0) is 38.5 Å². The van der Waals surface area contributed by atoms with Gasteiger partial charge in [0.2, 0.25) is 5.91 Å². The zero-order chi connectivity index (χ0) is 17.6. The Hall–Kier alpha value is -2.18. The normalized spacial score (nSPS) is 13.4. The third-order valence-electron chi connectivity index (χ3n) is 3.56. The van der Waals surface area contributed by atoms with Gasteiger partial charge in [-0.1, -0.05) is 6.07 Å². The topological polar surface area (TPSA) is 65.5 Å². The minimum Gasteiger partial charge on any atom is -0.359 e. The zero-order valence-electron chi connectivity index (χ0n) is 14.1. The molecular formula is C16H24F2N4O. The van der Waals surface area contributed by atoms with Crippen molar-refractivity contribution in [3.05, 3.63) is 35.4 Å². The van der Waals surface area contributed by atoms with E-state index in [-0.39, 0.29) is 11.9 Å². The number of carbonyl (C=O) groups is 1. The molecule has 1 amide bonds. The maximum atomic E-state index is 13.3. The molecule has 5 nitrogen and oxygen atoms in total. The van der Waals surface area contributed by atoms with Crippen molar-refractivity contribution in [2.24, 2.45) is 10.4 Å². The standard InChI is InChI=1S/C16H24F2N4O/c1-10(11-6-7-12(17)13(18)8-11)22-15(20-5)21-9-16(2,3)14(23)19-4/h6-8,10H,9H2,1-5H3,(H,19,23)(H2,20,21,22). The first kappa shape index (κ1) is 18.9. The molecule has 0 saturated carbocycles. The van der Waals surface area contributed by atoms with Gasteiger partial charge >= 0.3 is 0 Å². The van der Waals surface area contributed by atoms with Gasteiger partial charge < -0.3 is 16.0 Å². The highest BCUT2D eigenvalue weighted by atomic mass is 19.2. The molecule has 7 heteroatoms. The second-order valence-electron chi connectivity index (χ2n) is 5.93. The van der Waals surface area contributed by atoms with E-state index < -0.39 is 17.0 Å². The quantitative estimate of drug-likeness (QED) is 0.572. The first-order chi connectivity index (χ1) is 10.7. The van der Waals surface area contributed by atoms with E-state index in [4.69, 9.17) is 0 Å². The van der Waals surface area contributed by atoms with Crippen LogP contribution in [0.4, 0.5) is 8.78 Å². The monoisotopic (exact) mass is 326 g/mol. The Morgan fingerprint density at radius 1 is 1.30 bits per heavy atom. The summed E-state index contributed by atoms with van der Waals surface area (Å²) in [5.41, 5.74) is -0.0187. The number of carbonyl (C=O) groups excluding carboxylic acids is 1. The van der Waals surface area contributed by atoms with Crippen LogP contribution in [0.1, 0.15) is 32.4 Å². The number of guanidine groups is 1. The molecule has 0 radical (unpaired) electrons. The SMILES string of the molecule is CN=C(NCC(C)(C)C(=O)NC)NC(C)c1ccc(F)c(F)c1. The minimum atomic E-state index is -0.889. The van der Waals surface area contributed by atoms with Gasteiger partial charge in [-0.3, -0.25) is 9.79 Å². The summed E-state index contributed by atoms with van der Waals surface area (Å²) in [5, 5.41) is 8.75. The fourth-order valence-corrected chi connectivity index (χ4v) is 1.99. The van der Waals surface area contributed by atoms with Crippen molar-refractivity contribution in [3.8, 4) is 0 Å². The van der Waals surface area contributed by atoms with E-state index in [1.807, 2.05) is 20.8 Å². The molecule has 1 atom stereocenters. The summed E-state index contributed by atoms with van der Waals surface area (Å²) < 4.78 is 26.3. The highest BCUT2D eigenvalue weighted by Gasteiger charge is 2.26. The third-order valence-corrected chi connectivity index (χ3v) is 3.56. The summed E-state index contributed by atoms with van der Waals surface area (Å²) in [7, 11) is 3.18. The molecule has 128 valence electrons. The van der Waals surface area contributed by atoms with E-state index >= 15 is 0 Å². The fraction of sp³-hybridized carbons (Fsp3) is 0.500. The van der Waals surface area contributed by atoms with Gasteiger partial charge in [0.15, 0.2) is 17.6 Å². The summed E-state index contributed by atoms with van der Waals surface area (Å²) in [6.07, 6.45) is 0. The minimum absolute atomic E-state index is 0.0888. The van der Waals surface area contributed by atoms with Crippen LogP contribution in [0.2, 0.25) is 0 Å². The predicted octanol–water partition coefficient (Wildman–Crippen LogP) is 1.96. The average molecular weight is 326 g/mol. The van der Waals surface area contributed by atoms with Gasteiger partial charge in [0, 0.05) is 20.6 Å². The van der Waals surface area contributed by atoms with Crippen LogP contribution in [0, 0.1) is 17.0 Å². The van der Waals surface area contributed by atoms with Gasteiger partial charge in [0.25, 0.3) is 0 Å². The van der Waals surface area contributed by atoms with Gasteiger partial charge in [-0.15, -0.1) is 0 Å². The lowest BCUT2D eigenvalue weighted by Gasteiger charge is -2.25. The second kappa shape index (κ2) is 7.89. The Bertz CT molecular complexity index is 587. The van der Waals surface area contributed by atoms with Crippen LogP contribution in [-0.4, -0.2) is 32.5 Å². The maximum Gasteiger partial charge on any atom is 0.227 e. The molecule has 1 rings (SSSR count). The smallest absolute Gasteiger partial charge is 0.227 e. The van der Waals surface area contributed by atoms with Crippen LogP contribution in [-0.2, 0) is 4.79 Å². The van der Waals surface area contributed by atoms with E-state index in [1.165, 1.54) is 6.07 Å². The fourth-order valence-electron chi connectivity index (χ4n) is 1.99. The number of rotatable bonds is 5. The summed E-state index contributed by atoms with van der Waals surface area (Å²) in [6, 6.07) is 3.47. The Morgan fingerprint density at radius 3 is 2.48 bits per heavy atom. The summed E-state index contributed by atoms with van der Waals surface area (Å²) in [4.78, 5) is 15.8. The Kier molecular flexibility index (Phi) is 6.48. The summed E-state index contributed by atoms with van der Waals surface area (Å²) >= 11 is 0. The molecule has 0 spiro atoms. The van der Waals surface area contributed by atoms with Crippen molar-refractivity contribution in [2.45, 2.75) is 26.8 Å². The largest absolute Gasteiger partial charge is 0.359 e. The first-order valence-corrected chi connectivity index (χ1v) is 7.35. The molecule has 0 aliphatic rings. The molecule has 0 aromatic heterocycles. The third kappa shape index (κ3) is 5.19. The number of nitrogens with one attached hydrogen (secondary N) is 3. The van der Waals surface area contributed by atoms with Gasteiger partial charge in [-0.25, -0.2) is 8.78 Å². The zero-order valence-corrected chi connectivity index (χ0v) is 14.1. The van der Waals surface area contributed by atoms with E-state index in [1.54, 1.807) is 14.1 Å². The number of halogens is 2. The number of benzene rings is 1. The van der Waals surface area contributed by atoms with Crippen LogP contribution >= 0.6 is 0 Å². The van der Waals surface area contributed by atoms with Crippen LogP contribution in [0.25, 0.3) is 0 Å². The number of nitrogens with zero attached hydrogens (tertiary/aromatic N) is 1. The molecule has 3 N–H and O–H groups in total. The Labute approximate surface area is 135 Å². The van der Waals surface area contributed by atoms with Crippen LogP contribution in [0.3, 0.4) is 0 Å². The van der Waals surface area contributed by atoms with E-state index in [2.05, 4.69) is 20.9 Å². The number of hydrogen-bond donors (Lipinski definition) is 3. The Morgan fingerprint density at radius 2 is 1.96 bits per heavy atom. The van der Waals surface area contributed by atoms with Crippen LogP contribution in [0.15, 0.2) is 23.2 Å². The molecule has 1 aromatic carbocycles. The molecule has 23 heavy (non-hydrogen) atoms. The number of aliphatic imine (C=N–C) groups is 1. The molecular weight excluding hydrogens is 302 g/mol. The molecule has 1 aromatic rings. The van der Waals surface area contributed by atoms with Crippen molar-refractivity contribution < 1.29 is 13.6 Å². The molecule has 0 fully saturated rings. The van der Waals surface area contributed by atoms with Crippen molar-refractivity contribution in [2.75, 3.05) is 20.6 Å².